The number of hydrogen-bond donors (Lipinski definition) is 0. The first kappa shape index (κ1) is 14.4. The Balaban J connectivity index is 2.49. The smallest absolute Gasteiger partial charge is 0.340 e. The number of anilines is 1. The van der Waals surface area contributed by atoms with Gasteiger partial charge in [0, 0.05) is 29.9 Å². The second kappa shape index (κ2) is 5.58. The molecule has 1 aliphatic rings. The van der Waals surface area contributed by atoms with Crippen LogP contribution in [0.25, 0.3) is 0 Å². The number of halogens is 1. The highest BCUT2D eigenvalue weighted by molar-refractivity contribution is 9.09. The van der Waals surface area contributed by atoms with Crippen molar-refractivity contribution in [1.82, 2.24) is 0 Å². The lowest BCUT2D eigenvalue weighted by Gasteiger charge is -2.18. The maximum Gasteiger partial charge on any atom is 0.340 e. The number of hydrogen-bond acceptors (Lipinski definition) is 5. The number of carbonyl (C=O) groups is 2. The molecule has 1 amide bonds. The molecule has 1 unspecified atom stereocenters. The Morgan fingerprint density at radius 2 is 2.25 bits per heavy atom. The van der Waals surface area contributed by atoms with E-state index >= 15 is 0 Å². The number of methoxy groups -OCH3 is 1. The maximum atomic E-state index is 11.9. The Morgan fingerprint density at radius 3 is 2.75 bits per heavy atom. The van der Waals surface area contributed by atoms with Gasteiger partial charge < -0.3 is 9.64 Å². The van der Waals surface area contributed by atoms with Crippen molar-refractivity contribution in [2.24, 2.45) is 0 Å². The largest absolute Gasteiger partial charge is 0.465 e. The quantitative estimate of drug-likeness (QED) is 0.362. The number of nitro groups is 1. The summed E-state index contributed by atoms with van der Waals surface area (Å²) in [6.07, 6.45) is 0.317. The first-order valence-electron chi connectivity index (χ1n) is 5.75. The van der Waals surface area contributed by atoms with Gasteiger partial charge in [0.15, 0.2) is 0 Å². The summed E-state index contributed by atoms with van der Waals surface area (Å²) < 4.78 is 4.62. The van der Waals surface area contributed by atoms with Crippen LogP contribution in [0.4, 0.5) is 11.4 Å². The van der Waals surface area contributed by atoms with Crippen molar-refractivity contribution in [3.05, 3.63) is 33.9 Å². The Bertz CT molecular complexity index is 589. The average Bonchev–Trinajstić information content (AvgIpc) is 2.75. The van der Waals surface area contributed by atoms with Crippen molar-refractivity contribution in [2.75, 3.05) is 18.6 Å². The zero-order valence-corrected chi connectivity index (χ0v) is 12.1. The molecule has 0 saturated carbocycles. The molecule has 1 heterocycles. The molecule has 0 radical (unpaired) electrons. The Morgan fingerprint density at radius 1 is 1.55 bits per heavy atom. The van der Waals surface area contributed by atoms with E-state index in [0.29, 0.717) is 18.7 Å². The first-order valence-corrected chi connectivity index (χ1v) is 6.66. The van der Waals surface area contributed by atoms with Gasteiger partial charge in [0.05, 0.1) is 23.3 Å². The number of ether oxygens (including phenoxy) is 1. The van der Waals surface area contributed by atoms with Gasteiger partial charge >= 0.3 is 5.97 Å². The van der Waals surface area contributed by atoms with E-state index in [9.17, 15) is 19.7 Å². The molecule has 106 valence electrons. The van der Waals surface area contributed by atoms with E-state index in [0.717, 1.165) is 6.07 Å². The van der Waals surface area contributed by atoms with Gasteiger partial charge in [-0.1, -0.05) is 15.9 Å². The molecular weight excluding hydrogens is 332 g/mol. The standard InChI is InChI=1S/C12H11BrN2O5/c1-20-12(17)9-5-8(15(18)19)2-3-10(9)14-6-7(13)4-11(14)16/h2-3,5,7H,4,6H2,1H3. The minimum atomic E-state index is -0.713. The van der Waals surface area contributed by atoms with Gasteiger partial charge in [0.25, 0.3) is 5.69 Å². The molecule has 1 saturated heterocycles. The number of nitro benzene ring substituents is 1. The molecule has 1 aliphatic heterocycles. The molecule has 0 aliphatic carbocycles. The van der Waals surface area contributed by atoms with E-state index in [-0.39, 0.29) is 22.0 Å². The van der Waals surface area contributed by atoms with Gasteiger partial charge in [0.2, 0.25) is 5.91 Å². The SMILES string of the molecule is COC(=O)c1cc([N+](=O)[O-])ccc1N1CC(Br)CC1=O. The summed E-state index contributed by atoms with van der Waals surface area (Å²) in [5, 5.41) is 10.8. The Hall–Kier alpha value is -1.96. The van der Waals surface area contributed by atoms with Crippen molar-refractivity contribution >= 4 is 39.2 Å². The average molecular weight is 343 g/mol. The molecule has 1 aromatic carbocycles. The highest BCUT2D eigenvalue weighted by Crippen LogP contribution is 2.31. The fourth-order valence-electron chi connectivity index (χ4n) is 2.04. The van der Waals surface area contributed by atoms with Crippen LogP contribution in [0, 0.1) is 10.1 Å². The number of benzene rings is 1. The molecule has 7 nitrogen and oxygen atoms in total. The van der Waals surface area contributed by atoms with Gasteiger partial charge in [0.1, 0.15) is 0 Å². The lowest BCUT2D eigenvalue weighted by Crippen LogP contribution is -2.26. The van der Waals surface area contributed by atoms with Crippen molar-refractivity contribution in [3.63, 3.8) is 0 Å². The fourth-order valence-corrected chi connectivity index (χ4v) is 2.61. The first-order chi connectivity index (χ1) is 9.43. The van der Waals surface area contributed by atoms with E-state index in [1.807, 2.05) is 0 Å². The highest BCUT2D eigenvalue weighted by Gasteiger charge is 2.32. The van der Waals surface area contributed by atoms with Crippen molar-refractivity contribution in [2.45, 2.75) is 11.2 Å². The van der Waals surface area contributed by atoms with E-state index < -0.39 is 10.9 Å². The van der Waals surface area contributed by atoms with E-state index in [2.05, 4.69) is 20.7 Å². The monoisotopic (exact) mass is 342 g/mol. The topological polar surface area (TPSA) is 89.8 Å². The molecule has 1 atom stereocenters. The molecule has 1 fully saturated rings. The molecule has 0 bridgehead atoms. The normalized spacial score (nSPS) is 18.2. The van der Waals surface area contributed by atoms with E-state index in [1.165, 1.54) is 24.1 Å². The maximum absolute atomic E-state index is 11.9. The predicted octanol–water partition coefficient (Wildman–Crippen LogP) is 1.88. The summed E-state index contributed by atoms with van der Waals surface area (Å²) in [5.41, 5.74) is 0.113. The lowest BCUT2D eigenvalue weighted by molar-refractivity contribution is -0.384. The fraction of sp³-hybridized carbons (Fsp3) is 0.333. The molecular formula is C12H11BrN2O5. The summed E-state index contributed by atoms with van der Waals surface area (Å²) in [6, 6.07) is 3.78. The van der Waals surface area contributed by atoms with Crippen LogP contribution >= 0.6 is 15.9 Å². The summed E-state index contributed by atoms with van der Waals surface area (Å²) in [7, 11) is 1.18. The molecule has 2 rings (SSSR count). The van der Waals surface area contributed by atoms with Crippen molar-refractivity contribution < 1.29 is 19.2 Å². The summed E-state index contributed by atoms with van der Waals surface area (Å²) in [6.45, 7) is 0.403. The number of esters is 1. The molecule has 0 spiro atoms. The second-order valence-electron chi connectivity index (χ2n) is 4.26. The third-order valence-electron chi connectivity index (χ3n) is 2.96. The van der Waals surface area contributed by atoms with E-state index in [4.69, 9.17) is 0 Å². The Kier molecular flexibility index (Phi) is 4.03. The molecule has 1 aromatic rings. The van der Waals surface area contributed by atoms with Gasteiger partial charge in [-0.3, -0.25) is 14.9 Å². The van der Waals surface area contributed by atoms with Crippen LogP contribution in [-0.4, -0.2) is 35.3 Å². The van der Waals surface area contributed by atoms with Crippen LogP contribution in [0.1, 0.15) is 16.8 Å². The third kappa shape index (κ3) is 2.64. The van der Waals surface area contributed by atoms with Gasteiger partial charge in [-0.25, -0.2) is 4.79 Å². The lowest BCUT2D eigenvalue weighted by atomic mass is 10.1. The number of carbonyl (C=O) groups excluding carboxylic acids is 2. The van der Waals surface area contributed by atoms with Crippen molar-refractivity contribution in [3.8, 4) is 0 Å². The number of amides is 1. The zero-order chi connectivity index (χ0) is 14.9. The zero-order valence-electron chi connectivity index (χ0n) is 10.5. The number of nitrogens with zero attached hydrogens (tertiary/aromatic N) is 2. The van der Waals surface area contributed by atoms with E-state index in [1.54, 1.807) is 0 Å². The third-order valence-corrected chi connectivity index (χ3v) is 3.58. The molecule has 8 heteroatoms. The van der Waals surface area contributed by atoms with Crippen molar-refractivity contribution in [1.29, 1.82) is 0 Å². The van der Waals surface area contributed by atoms with Crippen LogP contribution in [0.15, 0.2) is 18.2 Å². The van der Waals surface area contributed by atoms with Crippen LogP contribution in [0.3, 0.4) is 0 Å². The van der Waals surface area contributed by atoms with Crippen LogP contribution in [0.5, 0.6) is 0 Å². The minimum Gasteiger partial charge on any atom is -0.465 e. The predicted molar refractivity (Wildman–Crippen MR) is 74.1 cm³/mol. The number of rotatable bonds is 3. The number of non-ortho nitro benzene ring substituents is 1. The Labute approximate surface area is 122 Å². The van der Waals surface area contributed by atoms with Gasteiger partial charge in [-0.05, 0) is 6.07 Å². The highest BCUT2D eigenvalue weighted by atomic mass is 79.9. The van der Waals surface area contributed by atoms with Gasteiger partial charge in [-0.15, -0.1) is 0 Å². The molecule has 0 N–H and O–H groups in total. The van der Waals surface area contributed by atoms with Crippen LogP contribution in [0.2, 0.25) is 0 Å². The molecule has 20 heavy (non-hydrogen) atoms. The van der Waals surface area contributed by atoms with Gasteiger partial charge in [-0.2, -0.15) is 0 Å². The second-order valence-corrected chi connectivity index (χ2v) is 5.55. The summed E-state index contributed by atoms with van der Waals surface area (Å²) in [4.78, 5) is 35.2. The van der Waals surface area contributed by atoms with Crippen LogP contribution < -0.4 is 4.90 Å². The minimum absolute atomic E-state index is 0.00399. The van der Waals surface area contributed by atoms with Crippen LogP contribution in [-0.2, 0) is 9.53 Å². The molecule has 0 aromatic heterocycles. The summed E-state index contributed by atoms with van der Waals surface area (Å²) in [5.74, 6) is -0.861. The summed E-state index contributed by atoms with van der Waals surface area (Å²) >= 11 is 3.35. The number of alkyl halides is 1.